The van der Waals surface area contributed by atoms with E-state index in [1.165, 1.54) is 12.0 Å². The summed E-state index contributed by atoms with van der Waals surface area (Å²) in [7, 11) is 0. The Morgan fingerprint density at radius 1 is 1.27 bits per heavy atom. The van der Waals surface area contributed by atoms with Crippen molar-refractivity contribution in [2.24, 2.45) is 0 Å². The van der Waals surface area contributed by atoms with Gasteiger partial charge in [0, 0.05) is 5.57 Å². The van der Waals surface area contributed by atoms with Crippen molar-refractivity contribution in [3.05, 3.63) is 23.3 Å². The first-order valence-electron chi connectivity index (χ1n) is 5.35. The number of nitrogens with zero attached hydrogens (tertiary/aromatic N) is 1. The van der Waals surface area contributed by atoms with E-state index >= 15 is 0 Å². The molecule has 1 nitrogen and oxygen atoms in total. The van der Waals surface area contributed by atoms with Crippen molar-refractivity contribution >= 4 is 0 Å². The zero-order valence-corrected chi connectivity index (χ0v) is 10.3. The van der Waals surface area contributed by atoms with Crippen LogP contribution in [0.3, 0.4) is 0 Å². The van der Waals surface area contributed by atoms with E-state index in [-0.39, 0.29) is 0 Å². The number of terminal acetylenes is 1. The Hall–Kier alpha value is -1.47. The molecular weight excluding hydrogens is 182 g/mol. The molecule has 0 unspecified atom stereocenters. The first kappa shape index (κ1) is 16.0. The van der Waals surface area contributed by atoms with Crippen LogP contribution in [0, 0.1) is 23.7 Å². The van der Waals surface area contributed by atoms with Gasteiger partial charge >= 0.3 is 0 Å². The first-order chi connectivity index (χ1) is 7.15. The summed E-state index contributed by atoms with van der Waals surface area (Å²) in [6.45, 7) is 8.37. The minimum absolute atomic E-state index is 0.323. The predicted molar refractivity (Wildman–Crippen MR) is 67.2 cm³/mol. The first-order valence-corrected chi connectivity index (χ1v) is 5.35. The van der Waals surface area contributed by atoms with Crippen LogP contribution in [0.25, 0.3) is 0 Å². The van der Waals surface area contributed by atoms with Gasteiger partial charge in [-0.1, -0.05) is 44.8 Å². The molecule has 0 saturated heterocycles. The summed E-state index contributed by atoms with van der Waals surface area (Å²) in [5.74, 6) is 2.48. The highest BCUT2D eigenvalue weighted by molar-refractivity contribution is 5.32. The fourth-order valence-corrected chi connectivity index (χ4v) is 0.604. The summed E-state index contributed by atoms with van der Waals surface area (Å²) in [5.41, 5.74) is 2.01. The van der Waals surface area contributed by atoms with Gasteiger partial charge in [0.15, 0.2) is 0 Å². The van der Waals surface area contributed by atoms with Gasteiger partial charge < -0.3 is 0 Å². The molecule has 0 bridgehead atoms. The summed E-state index contributed by atoms with van der Waals surface area (Å²) < 4.78 is 0. The molecule has 0 aliphatic rings. The molecule has 0 aromatic rings. The summed E-state index contributed by atoms with van der Waals surface area (Å²) in [6, 6.07) is 2.02. The highest BCUT2D eigenvalue weighted by atomic mass is 14.2. The molecule has 0 rings (SSSR count). The smallest absolute Gasteiger partial charge is 0.0681 e. The van der Waals surface area contributed by atoms with Gasteiger partial charge in [0.05, 0.1) is 12.5 Å². The van der Waals surface area contributed by atoms with Gasteiger partial charge in [0.2, 0.25) is 0 Å². The fraction of sp³-hybridized carbons (Fsp3) is 0.500. The fourth-order valence-electron chi connectivity index (χ4n) is 0.604. The van der Waals surface area contributed by atoms with Crippen molar-refractivity contribution in [2.45, 2.75) is 47.0 Å². The summed E-state index contributed by atoms with van der Waals surface area (Å²) in [5, 5.41) is 8.38. The minimum Gasteiger partial charge on any atom is -0.198 e. The Labute approximate surface area is 94.5 Å². The van der Waals surface area contributed by atoms with Crippen molar-refractivity contribution in [2.75, 3.05) is 0 Å². The maximum absolute atomic E-state index is 8.38. The third-order valence-electron chi connectivity index (χ3n) is 1.58. The summed E-state index contributed by atoms with van der Waals surface area (Å²) in [6.07, 6.45) is 11.6. The molecule has 0 aromatic carbocycles. The lowest BCUT2D eigenvalue weighted by Gasteiger charge is -1.91. The van der Waals surface area contributed by atoms with Crippen LogP contribution in [0.15, 0.2) is 23.3 Å². The number of rotatable bonds is 3. The molecule has 0 heterocycles. The van der Waals surface area contributed by atoms with E-state index in [1.807, 2.05) is 25.1 Å². The lowest BCUT2D eigenvalue weighted by Crippen LogP contribution is -1.75. The van der Waals surface area contributed by atoms with Crippen LogP contribution in [0.5, 0.6) is 0 Å². The molecule has 0 N–H and O–H groups in total. The lowest BCUT2D eigenvalue weighted by molar-refractivity contribution is 1.09. The molecule has 0 amide bonds. The summed E-state index contributed by atoms with van der Waals surface area (Å²) in [4.78, 5) is 0. The molecule has 0 fully saturated rings. The Kier molecular flexibility index (Phi) is 13.3. The normalized spacial score (nSPS) is 10.8. The quantitative estimate of drug-likeness (QED) is 0.497. The van der Waals surface area contributed by atoms with E-state index in [0.717, 1.165) is 12.0 Å². The van der Waals surface area contributed by atoms with Crippen LogP contribution in [-0.2, 0) is 0 Å². The average molecular weight is 203 g/mol. The maximum atomic E-state index is 8.38. The molecule has 0 aromatic heterocycles. The van der Waals surface area contributed by atoms with E-state index in [4.69, 9.17) is 11.7 Å². The van der Waals surface area contributed by atoms with E-state index in [2.05, 4.69) is 26.7 Å². The van der Waals surface area contributed by atoms with Crippen LogP contribution in [-0.4, -0.2) is 0 Å². The number of hydrogen-bond acceptors (Lipinski definition) is 1. The van der Waals surface area contributed by atoms with E-state index in [0.29, 0.717) is 6.42 Å². The number of hydrogen-bond donors (Lipinski definition) is 0. The van der Waals surface area contributed by atoms with Gasteiger partial charge in [0.1, 0.15) is 0 Å². The molecule has 1 heteroatoms. The minimum atomic E-state index is 0.323. The summed E-state index contributed by atoms with van der Waals surface area (Å²) >= 11 is 0. The van der Waals surface area contributed by atoms with Gasteiger partial charge in [-0.2, -0.15) is 5.26 Å². The highest BCUT2D eigenvalue weighted by Gasteiger charge is 1.88. The van der Waals surface area contributed by atoms with E-state index in [9.17, 15) is 0 Å². The lowest BCUT2D eigenvalue weighted by atomic mass is 10.1. The van der Waals surface area contributed by atoms with Gasteiger partial charge in [-0.3, -0.25) is 0 Å². The monoisotopic (exact) mass is 203 g/mol. The largest absolute Gasteiger partial charge is 0.198 e. The van der Waals surface area contributed by atoms with Crippen molar-refractivity contribution in [1.29, 1.82) is 5.26 Å². The second-order valence-electron chi connectivity index (χ2n) is 3.24. The molecule has 0 spiro atoms. The van der Waals surface area contributed by atoms with Crippen molar-refractivity contribution in [1.82, 2.24) is 0 Å². The van der Waals surface area contributed by atoms with Crippen LogP contribution in [0.1, 0.15) is 47.0 Å². The molecule has 0 aliphatic heterocycles. The van der Waals surface area contributed by atoms with Crippen molar-refractivity contribution < 1.29 is 0 Å². The second kappa shape index (κ2) is 12.5. The van der Waals surface area contributed by atoms with Crippen LogP contribution >= 0.6 is 0 Å². The Balaban J connectivity index is 0. The highest BCUT2D eigenvalue weighted by Crippen LogP contribution is 2.03. The number of allylic oxidation sites excluding steroid dienone is 4. The third-order valence-corrected chi connectivity index (χ3v) is 1.58. The zero-order valence-electron chi connectivity index (χ0n) is 10.3. The van der Waals surface area contributed by atoms with Crippen molar-refractivity contribution in [3.63, 3.8) is 0 Å². The van der Waals surface area contributed by atoms with Crippen LogP contribution < -0.4 is 0 Å². The van der Waals surface area contributed by atoms with Gasteiger partial charge in [-0.25, -0.2) is 0 Å². The molecule has 82 valence electrons. The molecule has 15 heavy (non-hydrogen) atoms. The second-order valence-corrected chi connectivity index (χ2v) is 3.24. The zero-order chi connectivity index (χ0) is 12.1. The van der Waals surface area contributed by atoms with Crippen LogP contribution in [0.4, 0.5) is 0 Å². The molecule has 0 radical (unpaired) electrons. The van der Waals surface area contributed by atoms with E-state index < -0.39 is 0 Å². The predicted octanol–water partition coefficient (Wildman–Crippen LogP) is 4.23. The van der Waals surface area contributed by atoms with Crippen molar-refractivity contribution in [3.8, 4) is 18.4 Å². The standard InChI is InChI=1S/C11H13N.C3H8/c1-4-10(3)6-7-11(5-2)8-9-12;1-3-2/h2,6-7H,4,8H2,1,3H3;3H2,1-2H3/b10-6+,11-7+;. The topological polar surface area (TPSA) is 23.8 Å². The molecular formula is C14H21N. The Morgan fingerprint density at radius 2 is 1.80 bits per heavy atom. The third kappa shape index (κ3) is 12.5. The number of nitriles is 1. The van der Waals surface area contributed by atoms with Gasteiger partial charge in [-0.05, 0) is 19.4 Å². The Morgan fingerprint density at radius 3 is 2.13 bits per heavy atom. The van der Waals surface area contributed by atoms with E-state index in [1.54, 1.807) is 0 Å². The van der Waals surface area contributed by atoms with Crippen LogP contribution in [0.2, 0.25) is 0 Å². The van der Waals surface area contributed by atoms with Gasteiger partial charge in [-0.15, -0.1) is 6.42 Å². The SMILES string of the molecule is C#C/C(=C\C=C(/C)CC)CC#N.CCC. The Bertz CT molecular complexity index is 281. The molecule has 0 saturated carbocycles. The van der Waals surface area contributed by atoms with Gasteiger partial charge in [0.25, 0.3) is 0 Å². The molecule has 0 aliphatic carbocycles. The maximum Gasteiger partial charge on any atom is 0.0681 e. The molecule has 0 atom stereocenters. The average Bonchev–Trinajstić information content (AvgIpc) is 2.24.